The fourth-order valence-electron chi connectivity index (χ4n) is 1.66. The molecule has 0 fully saturated rings. The third-order valence-corrected chi connectivity index (χ3v) is 3.33. The molecule has 0 atom stereocenters. The van der Waals surface area contributed by atoms with Crippen LogP contribution >= 0.6 is 11.3 Å². The number of aromatic nitrogens is 3. The van der Waals surface area contributed by atoms with E-state index in [0.717, 1.165) is 15.9 Å². The van der Waals surface area contributed by atoms with Crippen LogP contribution in [0.1, 0.15) is 10.5 Å². The minimum Gasteiger partial charge on any atom is -0.321 e. The zero-order chi connectivity index (χ0) is 12.5. The first kappa shape index (κ1) is 10.9. The third kappa shape index (κ3) is 1.98. The van der Waals surface area contributed by atoms with Gasteiger partial charge in [-0.25, -0.2) is 4.98 Å². The summed E-state index contributed by atoms with van der Waals surface area (Å²) in [7, 11) is 1.78. The van der Waals surface area contributed by atoms with Gasteiger partial charge < -0.3 is 5.32 Å². The number of carbonyl (C=O) groups excluding carboxylic acids is 1. The van der Waals surface area contributed by atoms with Crippen molar-refractivity contribution in [3.8, 4) is 0 Å². The Morgan fingerprint density at radius 2 is 2.28 bits per heavy atom. The lowest BCUT2D eigenvalue weighted by molar-refractivity contribution is 0.102. The molecule has 0 unspecified atom stereocenters. The molecule has 0 aliphatic heterocycles. The molecule has 18 heavy (non-hydrogen) atoms. The Balaban J connectivity index is 1.85. The van der Waals surface area contributed by atoms with Gasteiger partial charge in [0.2, 0.25) is 0 Å². The number of amides is 1. The van der Waals surface area contributed by atoms with E-state index in [4.69, 9.17) is 0 Å². The molecular formula is C12H10N4OS. The molecule has 1 amide bonds. The molecular weight excluding hydrogens is 248 g/mol. The van der Waals surface area contributed by atoms with E-state index >= 15 is 0 Å². The molecule has 3 aromatic rings. The molecule has 0 bridgehead atoms. The van der Waals surface area contributed by atoms with Gasteiger partial charge in [-0.15, -0.1) is 11.3 Å². The van der Waals surface area contributed by atoms with Crippen LogP contribution in [-0.4, -0.2) is 20.7 Å². The molecule has 2 aromatic heterocycles. The average molecular weight is 258 g/mol. The van der Waals surface area contributed by atoms with Gasteiger partial charge in [0.05, 0.1) is 15.7 Å². The van der Waals surface area contributed by atoms with E-state index in [9.17, 15) is 4.79 Å². The molecule has 6 heteroatoms. The molecule has 2 heterocycles. The van der Waals surface area contributed by atoms with Gasteiger partial charge >= 0.3 is 0 Å². The van der Waals surface area contributed by atoms with Crippen molar-refractivity contribution in [1.82, 2.24) is 14.8 Å². The van der Waals surface area contributed by atoms with Crippen LogP contribution in [0.2, 0.25) is 0 Å². The van der Waals surface area contributed by atoms with Gasteiger partial charge in [-0.3, -0.25) is 9.48 Å². The highest BCUT2D eigenvalue weighted by Crippen LogP contribution is 2.22. The highest BCUT2D eigenvalue weighted by molar-refractivity contribution is 7.16. The molecule has 0 saturated heterocycles. The summed E-state index contributed by atoms with van der Waals surface area (Å²) in [6, 6.07) is 7.32. The lowest BCUT2D eigenvalue weighted by Gasteiger charge is -2.02. The molecule has 90 valence electrons. The minimum atomic E-state index is -0.209. The van der Waals surface area contributed by atoms with E-state index in [1.54, 1.807) is 40.8 Å². The molecule has 1 N–H and O–H groups in total. The van der Waals surface area contributed by atoms with Crippen molar-refractivity contribution in [2.24, 2.45) is 7.05 Å². The largest absolute Gasteiger partial charge is 0.321 e. The molecule has 1 aromatic carbocycles. The second kappa shape index (κ2) is 4.23. The van der Waals surface area contributed by atoms with Crippen LogP contribution < -0.4 is 5.32 Å². The van der Waals surface area contributed by atoms with E-state index in [1.165, 1.54) is 0 Å². The number of nitrogens with zero attached hydrogens (tertiary/aromatic N) is 3. The quantitative estimate of drug-likeness (QED) is 0.767. The molecule has 0 radical (unpaired) electrons. The first-order chi connectivity index (χ1) is 8.72. The number of aryl methyl sites for hydroxylation is 1. The van der Waals surface area contributed by atoms with Crippen molar-refractivity contribution in [3.05, 3.63) is 41.7 Å². The zero-order valence-electron chi connectivity index (χ0n) is 9.62. The van der Waals surface area contributed by atoms with Crippen LogP contribution in [0.25, 0.3) is 10.2 Å². The number of anilines is 1. The number of fused-ring (bicyclic) bond motifs is 1. The lowest BCUT2D eigenvalue weighted by Crippen LogP contribution is -2.12. The summed E-state index contributed by atoms with van der Waals surface area (Å²) in [6.45, 7) is 0. The van der Waals surface area contributed by atoms with Gasteiger partial charge in [0.15, 0.2) is 5.69 Å². The number of benzene rings is 1. The summed E-state index contributed by atoms with van der Waals surface area (Å²) in [5.74, 6) is -0.209. The minimum absolute atomic E-state index is 0.209. The fraction of sp³-hybridized carbons (Fsp3) is 0.0833. The van der Waals surface area contributed by atoms with Crippen molar-refractivity contribution in [2.75, 3.05) is 5.32 Å². The lowest BCUT2D eigenvalue weighted by atomic mass is 10.3. The number of thiazole rings is 1. The molecule has 0 spiro atoms. The SMILES string of the molecule is Cn1ccc(C(=O)Nc2ccc3ncsc3c2)n1. The number of nitrogens with one attached hydrogen (secondary N) is 1. The Morgan fingerprint density at radius 1 is 1.39 bits per heavy atom. The number of rotatable bonds is 2. The van der Waals surface area contributed by atoms with Crippen LogP contribution in [0, 0.1) is 0 Å². The summed E-state index contributed by atoms with van der Waals surface area (Å²) in [5.41, 5.74) is 3.88. The predicted octanol–water partition coefficient (Wildman–Crippen LogP) is 2.28. The van der Waals surface area contributed by atoms with Crippen molar-refractivity contribution in [3.63, 3.8) is 0 Å². The van der Waals surface area contributed by atoms with E-state index < -0.39 is 0 Å². The average Bonchev–Trinajstić information content (AvgIpc) is 2.96. The van der Waals surface area contributed by atoms with Crippen molar-refractivity contribution in [1.29, 1.82) is 0 Å². The van der Waals surface area contributed by atoms with Crippen molar-refractivity contribution >= 4 is 33.1 Å². The molecule has 3 rings (SSSR count). The van der Waals surface area contributed by atoms with Gasteiger partial charge in [-0.2, -0.15) is 5.10 Å². The summed E-state index contributed by atoms with van der Waals surface area (Å²) in [6.07, 6.45) is 1.74. The molecule has 5 nitrogen and oxygen atoms in total. The Morgan fingerprint density at radius 3 is 3.06 bits per heavy atom. The number of hydrogen-bond acceptors (Lipinski definition) is 4. The van der Waals surface area contributed by atoms with Gasteiger partial charge in [-0.1, -0.05) is 0 Å². The van der Waals surface area contributed by atoms with E-state index in [1.807, 2.05) is 18.2 Å². The first-order valence-corrected chi connectivity index (χ1v) is 6.24. The normalized spacial score (nSPS) is 10.7. The maximum atomic E-state index is 11.9. The zero-order valence-corrected chi connectivity index (χ0v) is 10.4. The standard InChI is InChI=1S/C12H10N4OS/c1-16-5-4-10(15-16)12(17)14-8-2-3-9-11(6-8)18-7-13-9/h2-7H,1H3,(H,14,17). The van der Waals surface area contributed by atoms with Crippen molar-refractivity contribution in [2.45, 2.75) is 0 Å². The Hall–Kier alpha value is -2.21. The van der Waals surface area contributed by atoms with Gasteiger partial charge in [-0.05, 0) is 24.3 Å². The monoisotopic (exact) mass is 258 g/mol. The number of carbonyl (C=O) groups is 1. The summed E-state index contributed by atoms with van der Waals surface area (Å²) in [5, 5.41) is 6.87. The molecule has 0 aliphatic rings. The van der Waals surface area contributed by atoms with Crippen LogP contribution in [0.4, 0.5) is 5.69 Å². The maximum absolute atomic E-state index is 11.9. The van der Waals surface area contributed by atoms with E-state index in [2.05, 4.69) is 15.4 Å². The van der Waals surface area contributed by atoms with Gasteiger partial charge in [0.25, 0.3) is 5.91 Å². The van der Waals surface area contributed by atoms with E-state index in [0.29, 0.717) is 5.69 Å². The Labute approximate surface area is 107 Å². The van der Waals surface area contributed by atoms with Crippen molar-refractivity contribution < 1.29 is 4.79 Å². The summed E-state index contributed by atoms with van der Waals surface area (Å²) in [4.78, 5) is 16.1. The molecule has 0 saturated carbocycles. The highest BCUT2D eigenvalue weighted by atomic mass is 32.1. The van der Waals surface area contributed by atoms with Crippen LogP contribution in [-0.2, 0) is 7.05 Å². The third-order valence-electron chi connectivity index (χ3n) is 2.54. The fourth-order valence-corrected chi connectivity index (χ4v) is 2.38. The summed E-state index contributed by atoms with van der Waals surface area (Å²) >= 11 is 1.55. The predicted molar refractivity (Wildman–Crippen MR) is 70.8 cm³/mol. The van der Waals surface area contributed by atoms with Crippen LogP contribution in [0.15, 0.2) is 36.0 Å². The number of hydrogen-bond donors (Lipinski definition) is 1. The van der Waals surface area contributed by atoms with Gasteiger partial charge in [0.1, 0.15) is 0 Å². The van der Waals surface area contributed by atoms with E-state index in [-0.39, 0.29) is 5.91 Å². The van der Waals surface area contributed by atoms with Crippen LogP contribution in [0.5, 0.6) is 0 Å². The highest BCUT2D eigenvalue weighted by Gasteiger charge is 2.09. The topological polar surface area (TPSA) is 59.8 Å². The maximum Gasteiger partial charge on any atom is 0.276 e. The second-order valence-corrected chi connectivity index (χ2v) is 4.75. The molecule has 0 aliphatic carbocycles. The summed E-state index contributed by atoms with van der Waals surface area (Å²) < 4.78 is 2.65. The smallest absolute Gasteiger partial charge is 0.276 e. The Kier molecular flexibility index (Phi) is 2.56. The second-order valence-electron chi connectivity index (χ2n) is 3.86. The Bertz CT molecular complexity index is 716. The van der Waals surface area contributed by atoms with Gasteiger partial charge in [0, 0.05) is 18.9 Å². The van der Waals surface area contributed by atoms with Crippen LogP contribution in [0.3, 0.4) is 0 Å². The first-order valence-electron chi connectivity index (χ1n) is 5.36.